The molecule has 1 saturated carbocycles. The van der Waals surface area contributed by atoms with Gasteiger partial charge in [-0.3, -0.25) is 14.4 Å². The predicted octanol–water partition coefficient (Wildman–Crippen LogP) is 2.46. The quantitative estimate of drug-likeness (QED) is 0.569. The van der Waals surface area contributed by atoms with Crippen molar-refractivity contribution < 1.29 is 19.5 Å². The highest BCUT2D eigenvalue weighted by Crippen LogP contribution is 2.31. The van der Waals surface area contributed by atoms with E-state index in [4.69, 9.17) is 0 Å². The van der Waals surface area contributed by atoms with Gasteiger partial charge in [0.1, 0.15) is 0 Å². The zero-order valence-corrected chi connectivity index (χ0v) is 17.3. The van der Waals surface area contributed by atoms with Gasteiger partial charge in [-0.05, 0) is 48.2 Å². The smallest absolute Gasteiger partial charge is 0.313 e. The van der Waals surface area contributed by atoms with Crippen molar-refractivity contribution in [3.63, 3.8) is 0 Å². The molecule has 2 aliphatic carbocycles. The molecule has 0 spiro atoms. The van der Waals surface area contributed by atoms with Crippen LogP contribution in [0, 0.1) is 0 Å². The Hall–Kier alpha value is -3.19. The number of nitrogens with one attached hydrogen (secondary N) is 3. The minimum atomic E-state index is -0.823. The zero-order chi connectivity index (χ0) is 21.8. The molecule has 4 rings (SSSR count). The molecule has 3 amide bonds. The van der Waals surface area contributed by atoms with E-state index >= 15 is 0 Å². The van der Waals surface area contributed by atoms with Crippen LogP contribution in [0.5, 0.6) is 0 Å². The highest BCUT2D eigenvalue weighted by atomic mass is 16.3. The highest BCUT2D eigenvalue weighted by Gasteiger charge is 2.33. The number of carbonyl (C=O) groups is 3. The van der Waals surface area contributed by atoms with E-state index in [0.29, 0.717) is 17.7 Å². The fourth-order valence-electron chi connectivity index (χ4n) is 4.36. The molecule has 2 unspecified atom stereocenters. The number of carbonyl (C=O) groups excluding carboxylic acids is 3. The van der Waals surface area contributed by atoms with Crippen LogP contribution in [0.15, 0.2) is 48.5 Å². The Morgan fingerprint density at radius 1 is 0.839 bits per heavy atom. The molecule has 31 heavy (non-hydrogen) atoms. The molecule has 2 aromatic carbocycles. The Labute approximate surface area is 181 Å². The van der Waals surface area contributed by atoms with Gasteiger partial charge in [-0.15, -0.1) is 0 Å². The lowest BCUT2D eigenvalue weighted by Gasteiger charge is -2.22. The van der Waals surface area contributed by atoms with E-state index < -0.39 is 24.0 Å². The third-order valence-corrected chi connectivity index (χ3v) is 6.04. The lowest BCUT2D eigenvalue weighted by Crippen LogP contribution is -2.40. The lowest BCUT2D eigenvalue weighted by molar-refractivity contribution is -0.137. The van der Waals surface area contributed by atoms with Crippen LogP contribution in [0.3, 0.4) is 0 Å². The number of benzene rings is 2. The fraction of sp³-hybridized carbons (Fsp3) is 0.375. The van der Waals surface area contributed by atoms with Crippen LogP contribution in [0.4, 0.5) is 5.69 Å². The first-order valence-electron chi connectivity index (χ1n) is 10.8. The van der Waals surface area contributed by atoms with Crippen LogP contribution in [0.25, 0.3) is 0 Å². The Kier molecular flexibility index (Phi) is 6.32. The summed E-state index contributed by atoms with van der Waals surface area (Å²) in [4.78, 5) is 37.1. The van der Waals surface area contributed by atoms with Gasteiger partial charge in [0.25, 0.3) is 5.91 Å². The number of anilines is 1. The summed E-state index contributed by atoms with van der Waals surface area (Å²) in [6, 6.07) is 13.5. The summed E-state index contributed by atoms with van der Waals surface area (Å²) in [6.07, 6.45) is 5.19. The number of amides is 3. The van der Waals surface area contributed by atoms with E-state index in [1.165, 1.54) is 6.42 Å². The van der Waals surface area contributed by atoms with Gasteiger partial charge < -0.3 is 21.1 Å². The maximum absolute atomic E-state index is 12.4. The second-order valence-corrected chi connectivity index (χ2v) is 8.26. The minimum Gasteiger partial charge on any atom is -0.390 e. The van der Waals surface area contributed by atoms with Crippen LogP contribution in [0.2, 0.25) is 0 Å². The first kappa shape index (κ1) is 21.1. The third kappa shape index (κ3) is 4.94. The van der Waals surface area contributed by atoms with Gasteiger partial charge in [-0.25, -0.2) is 0 Å². The summed E-state index contributed by atoms with van der Waals surface area (Å²) >= 11 is 0. The van der Waals surface area contributed by atoms with Crippen LogP contribution < -0.4 is 16.0 Å². The number of hydrogen-bond donors (Lipinski definition) is 4. The summed E-state index contributed by atoms with van der Waals surface area (Å²) in [5.74, 6) is -1.77. The first-order chi connectivity index (χ1) is 15.0. The minimum absolute atomic E-state index is 0.128. The molecule has 0 heterocycles. The predicted molar refractivity (Wildman–Crippen MR) is 116 cm³/mol. The van der Waals surface area contributed by atoms with Gasteiger partial charge in [-0.1, -0.05) is 43.5 Å². The summed E-state index contributed by atoms with van der Waals surface area (Å²) in [5, 5.41) is 18.5. The number of aliphatic hydroxyl groups excluding tert-OH is 1. The Bertz CT molecular complexity index is 967. The second-order valence-electron chi connectivity index (χ2n) is 8.26. The van der Waals surface area contributed by atoms with Gasteiger partial charge >= 0.3 is 11.8 Å². The largest absolute Gasteiger partial charge is 0.390 e. The molecule has 7 nitrogen and oxygen atoms in total. The monoisotopic (exact) mass is 421 g/mol. The van der Waals surface area contributed by atoms with Gasteiger partial charge in [-0.2, -0.15) is 0 Å². The van der Waals surface area contributed by atoms with Crippen molar-refractivity contribution in [1.82, 2.24) is 10.6 Å². The van der Waals surface area contributed by atoms with Crippen LogP contribution in [0.1, 0.15) is 59.6 Å². The SMILES string of the molecule is O=C(Nc1ccc(C(=O)NC2CCCCC2)cc1)C(=O)NC1c2ccccc2CC1O. The normalized spacial score (nSPS) is 20.5. The van der Waals surface area contributed by atoms with Crippen molar-refractivity contribution in [1.29, 1.82) is 0 Å². The molecule has 0 aromatic heterocycles. The van der Waals surface area contributed by atoms with Crippen molar-refractivity contribution in [2.24, 2.45) is 0 Å². The fourth-order valence-corrected chi connectivity index (χ4v) is 4.36. The second kappa shape index (κ2) is 9.31. The topological polar surface area (TPSA) is 108 Å². The van der Waals surface area contributed by atoms with Crippen LogP contribution in [-0.4, -0.2) is 35.0 Å². The molecule has 0 aliphatic heterocycles. The molecule has 4 N–H and O–H groups in total. The molecule has 2 aromatic rings. The highest BCUT2D eigenvalue weighted by molar-refractivity contribution is 6.39. The molecule has 7 heteroatoms. The molecule has 0 bridgehead atoms. The number of aliphatic hydroxyl groups is 1. The van der Waals surface area contributed by atoms with Crippen molar-refractivity contribution in [3.8, 4) is 0 Å². The molecule has 0 saturated heterocycles. The summed E-state index contributed by atoms with van der Waals surface area (Å²) in [6.45, 7) is 0. The summed E-state index contributed by atoms with van der Waals surface area (Å²) < 4.78 is 0. The van der Waals surface area contributed by atoms with Crippen LogP contribution >= 0.6 is 0 Å². The number of rotatable bonds is 4. The van der Waals surface area contributed by atoms with Gasteiger partial charge in [0.2, 0.25) is 0 Å². The lowest BCUT2D eigenvalue weighted by atomic mass is 9.95. The number of fused-ring (bicyclic) bond motifs is 1. The zero-order valence-electron chi connectivity index (χ0n) is 17.3. The maximum Gasteiger partial charge on any atom is 0.313 e. The van der Waals surface area contributed by atoms with Crippen molar-refractivity contribution in [3.05, 3.63) is 65.2 Å². The van der Waals surface area contributed by atoms with Crippen molar-refractivity contribution in [2.75, 3.05) is 5.32 Å². The standard InChI is InChI=1S/C24H27N3O4/c28-20-14-16-6-4-5-9-19(16)21(20)27-24(31)23(30)26-18-12-10-15(11-13-18)22(29)25-17-7-2-1-3-8-17/h4-6,9-13,17,20-21,28H,1-3,7-8,14H2,(H,25,29)(H,26,30)(H,27,31). The van der Waals surface area contributed by atoms with E-state index in [0.717, 1.165) is 36.8 Å². The number of hydrogen-bond acceptors (Lipinski definition) is 4. The first-order valence-corrected chi connectivity index (χ1v) is 10.8. The van der Waals surface area contributed by atoms with E-state index in [1.54, 1.807) is 24.3 Å². The average Bonchev–Trinajstić information content (AvgIpc) is 3.10. The molecule has 162 valence electrons. The molecular formula is C24H27N3O4. The van der Waals surface area contributed by atoms with E-state index in [2.05, 4.69) is 16.0 Å². The molecule has 1 fully saturated rings. The van der Waals surface area contributed by atoms with Crippen molar-refractivity contribution >= 4 is 23.4 Å². The Morgan fingerprint density at radius 2 is 1.55 bits per heavy atom. The van der Waals surface area contributed by atoms with Crippen molar-refractivity contribution in [2.45, 2.75) is 56.7 Å². The summed E-state index contributed by atoms with van der Waals surface area (Å²) in [5.41, 5.74) is 2.72. The molecule has 2 aliphatic rings. The average molecular weight is 421 g/mol. The van der Waals surface area contributed by atoms with E-state index in [-0.39, 0.29) is 11.9 Å². The van der Waals surface area contributed by atoms with E-state index in [1.807, 2.05) is 24.3 Å². The van der Waals surface area contributed by atoms with Crippen LogP contribution in [-0.2, 0) is 16.0 Å². The van der Waals surface area contributed by atoms with Gasteiger partial charge in [0, 0.05) is 23.7 Å². The Morgan fingerprint density at radius 3 is 2.29 bits per heavy atom. The summed E-state index contributed by atoms with van der Waals surface area (Å²) in [7, 11) is 0. The maximum atomic E-state index is 12.4. The van der Waals surface area contributed by atoms with Gasteiger partial charge in [0.15, 0.2) is 0 Å². The molecular weight excluding hydrogens is 394 g/mol. The molecule has 0 radical (unpaired) electrons. The van der Waals surface area contributed by atoms with Gasteiger partial charge in [0.05, 0.1) is 12.1 Å². The third-order valence-electron chi connectivity index (χ3n) is 6.04. The van der Waals surface area contributed by atoms with E-state index in [9.17, 15) is 19.5 Å². The molecule has 2 atom stereocenters. The Balaban J connectivity index is 1.32.